The second-order valence-corrected chi connectivity index (χ2v) is 4.60. The van der Waals surface area contributed by atoms with Crippen molar-refractivity contribution < 1.29 is 4.79 Å². The zero-order valence-corrected chi connectivity index (χ0v) is 12.0. The molecule has 2 N–H and O–H groups in total. The van der Waals surface area contributed by atoms with Crippen LogP contribution in [0.4, 0.5) is 11.5 Å². The van der Waals surface area contributed by atoms with E-state index in [1.54, 1.807) is 30.5 Å². The Labute approximate surface area is 122 Å². The monoisotopic (exact) mass is 290 g/mol. The second-order valence-electron chi connectivity index (χ2n) is 4.20. The van der Waals surface area contributed by atoms with Gasteiger partial charge in [0.25, 0.3) is 5.91 Å². The number of amides is 1. The molecule has 0 spiro atoms. The van der Waals surface area contributed by atoms with Crippen molar-refractivity contribution in [2.75, 3.05) is 17.2 Å². The van der Waals surface area contributed by atoms with E-state index in [0.29, 0.717) is 16.5 Å². The molecule has 0 aliphatic heterocycles. The molecule has 0 saturated heterocycles. The Morgan fingerprint density at radius 2 is 2.15 bits per heavy atom. The first-order chi connectivity index (χ1) is 9.60. The van der Waals surface area contributed by atoms with E-state index in [2.05, 4.69) is 20.6 Å². The van der Waals surface area contributed by atoms with Gasteiger partial charge in [-0.1, -0.05) is 11.6 Å². The number of nitrogens with zero attached hydrogens (tertiary/aromatic N) is 2. The topological polar surface area (TPSA) is 66.9 Å². The van der Waals surface area contributed by atoms with Gasteiger partial charge in [-0.05, 0) is 38.1 Å². The molecule has 0 saturated carbocycles. The third kappa shape index (κ3) is 3.45. The number of nitrogens with one attached hydrogen (secondary N) is 2. The van der Waals surface area contributed by atoms with Crippen LogP contribution in [-0.4, -0.2) is 22.4 Å². The van der Waals surface area contributed by atoms with Crippen molar-refractivity contribution in [3.63, 3.8) is 0 Å². The summed E-state index contributed by atoms with van der Waals surface area (Å²) in [6.45, 7) is 4.53. The van der Waals surface area contributed by atoms with Gasteiger partial charge in [-0.25, -0.2) is 4.98 Å². The van der Waals surface area contributed by atoms with E-state index in [-0.39, 0.29) is 11.6 Å². The highest BCUT2D eigenvalue weighted by atomic mass is 35.5. The maximum Gasteiger partial charge on any atom is 0.275 e. The summed E-state index contributed by atoms with van der Waals surface area (Å²) in [6.07, 6.45) is 1.63. The van der Waals surface area contributed by atoms with E-state index in [9.17, 15) is 4.79 Å². The highest BCUT2D eigenvalue weighted by molar-refractivity contribution is 6.34. The molecule has 5 nitrogen and oxygen atoms in total. The second kappa shape index (κ2) is 6.34. The average Bonchev–Trinajstić information content (AvgIpc) is 2.41. The number of rotatable bonds is 4. The number of pyridine rings is 2. The normalized spacial score (nSPS) is 10.2. The quantitative estimate of drug-likeness (QED) is 0.908. The lowest BCUT2D eigenvalue weighted by molar-refractivity contribution is 0.102. The van der Waals surface area contributed by atoms with Crippen molar-refractivity contribution in [1.29, 1.82) is 0 Å². The number of anilines is 2. The number of halogens is 1. The summed E-state index contributed by atoms with van der Waals surface area (Å²) in [4.78, 5) is 20.5. The molecule has 0 aromatic carbocycles. The van der Waals surface area contributed by atoms with Crippen molar-refractivity contribution in [3.8, 4) is 0 Å². The fourth-order valence-electron chi connectivity index (χ4n) is 1.69. The van der Waals surface area contributed by atoms with Gasteiger partial charge in [0.2, 0.25) is 0 Å². The van der Waals surface area contributed by atoms with E-state index < -0.39 is 0 Å². The molecular formula is C14H15ClN4O. The molecule has 2 rings (SSSR count). The first kappa shape index (κ1) is 14.3. The number of hydrogen-bond donors (Lipinski definition) is 2. The van der Waals surface area contributed by atoms with Crippen molar-refractivity contribution in [2.45, 2.75) is 13.8 Å². The number of carbonyl (C=O) groups is 1. The zero-order valence-electron chi connectivity index (χ0n) is 11.3. The van der Waals surface area contributed by atoms with E-state index >= 15 is 0 Å². The van der Waals surface area contributed by atoms with E-state index in [1.165, 1.54) is 0 Å². The summed E-state index contributed by atoms with van der Waals surface area (Å²) >= 11 is 6.03. The molecule has 2 heterocycles. The summed E-state index contributed by atoms with van der Waals surface area (Å²) < 4.78 is 0. The molecule has 2 aromatic heterocycles. The first-order valence-electron chi connectivity index (χ1n) is 6.24. The number of carbonyl (C=O) groups excluding carboxylic acids is 1. The number of hydrogen-bond acceptors (Lipinski definition) is 4. The van der Waals surface area contributed by atoms with Crippen LogP contribution in [0, 0.1) is 6.92 Å². The fraction of sp³-hybridized carbons (Fsp3) is 0.214. The Balaban J connectivity index is 2.22. The smallest absolute Gasteiger partial charge is 0.275 e. The van der Waals surface area contributed by atoms with Gasteiger partial charge in [-0.15, -0.1) is 0 Å². The lowest BCUT2D eigenvalue weighted by Crippen LogP contribution is -2.15. The van der Waals surface area contributed by atoms with Gasteiger partial charge >= 0.3 is 0 Å². The molecule has 0 aliphatic rings. The van der Waals surface area contributed by atoms with Crippen LogP contribution < -0.4 is 10.6 Å². The Bertz CT molecular complexity index is 630. The molecule has 0 atom stereocenters. The van der Waals surface area contributed by atoms with E-state index in [0.717, 1.165) is 12.2 Å². The lowest BCUT2D eigenvalue weighted by atomic mass is 10.3. The van der Waals surface area contributed by atoms with Crippen LogP contribution in [0.5, 0.6) is 0 Å². The SMILES string of the molecule is CCNc1ccc(Cl)c(C(=O)Nc2ccnc(C)c2)n1. The van der Waals surface area contributed by atoms with Gasteiger partial charge in [0, 0.05) is 24.1 Å². The third-order valence-electron chi connectivity index (χ3n) is 2.57. The summed E-state index contributed by atoms with van der Waals surface area (Å²) in [6, 6.07) is 6.88. The molecule has 0 fully saturated rings. The summed E-state index contributed by atoms with van der Waals surface area (Å²) in [5.41, 5.74) is 1.68. The molecule has 2 aromatic rings. The lowest BCUT2D eigenvalue weighted by Gasteiger charge is -2.08. The Hall–Kier alpha value is -2.14. The Morgan fingerprint density at radius 1 is 1.35 bits per heavy atom. The Kier molecular flexibility index (Phi) is 4.53. The molecule has 0 radical (unpaired) electrons. The number of aryl methyl sites for hydroxylation is 1. The van der Waals surface area contributed by atoms with E-state index in [4.69, 9.17) is 11.6 Å². The third-order valence-corrected chi connectivity index (χ3v) is 2.88. The van der Waals surface area contributed by atoms with Gasteiger partial charge < -0.3 is 10.6 Å². The molecule has 104 valence electrons. The first-order valence-corrected chi connectivity index (χ1v) is 6.62. The van der Waals surface area contributed by atoms with Crippen LogP contribution in [0.3, 0.4) is 0 Å². The summed E-state index contributed by atoms with van der Waals surface area (Å²) in [5, 5.41) is 6.11. The molecular weight excluding hydrogens is 276 g/mol. The van der Waals surface area contributed by atoms with E-state index in [1.807, 2.05) is 13.8 Å². The average molecular weight is 291 g/mol. The minimum absolute atomic E-state index is 0.194. The molecule has 1 amide bonds. The summed E-state index contributed by atoms with van der Waals surface area (Å²) in [7, 11) is 0. The fourth-order valence-corrected chi connectivity index (χ4v) is 1.89. The van der Waals surface area contributed by atoms with Crippen molar-refractivity contribution in [1.82, 2.24) is 9.97 Å². The van der Waals surface area contributed by atoms with Crippen LogP contribution >= 0.6 is 11.6 Å². The van der Waals surface area contributed by atoms with Crippen LogP contribution in [0.1, 0.15) is 23.1 Å². The number of aromatic nitrogens is 2. The molecule has 0 aliphatic carbocycles. The molecule has 0 unspecified atom stereocenters. The highest BCUT2D eigenvalue weighted by Gasteiger charge is 2.13. The minimum Gasteiger partial charge on any atom is -0.370 e. The van der Waals surface area contributed by atoms with Gasteiger partial charge in [-0.2, -0.15) is 0 Å². The van der Waals surface area contributed by atoms with Crippen LogP contribution in [-0.2, 0) is 0 Å². The van der Waals surface area contributed by atoms with Crippen molar-refractivity contribution in [3.05, 3.63) is 46.9 Å². The molecule has 20 heavy (non-hydrogen) atoms. The van der Waals surface area contributed by atoms with Crippen LogP contribution in [0.2, 0.25) is 5.02 Å². The standard InChI is InChI=1S/C14H15ClN4O/c1-3-16-12-5-4-11(15)13(19-12)14(20)18-10-6-7-17-9(2)8-10/h4-8H,3H2,1-2H3,(H,16,19)(H,17,18,20). The van der Waals surface area contributed by atoms with Gasteiger partial charge in [-0.3, -0.25) is 9.78 Å². The predicted molar refractivity (Wildman–Crippen MR) is 80.3 cm³/mol. The van der Waals surface area contributed by atoms with Gasteiger partial charge in [0.1, 0.15) is 11.5 Å². The zero-order chi connectivity index (χ0) is 14.5. The molecule has 6 heteroatoms. The highest BCUT2D eigenvalue weighted by Crippen LogP contribution is 2.18. The summed E-state index contributed by atoms with van der Waals surface area (Å²) in [5.74, 6) is 0.272. The minimum atomic E-state index is -0.347. The largest absolute Gasteiger partial charge is 0.370 e. The van der Waals surface area contributed by atoms with Crippen molar-refractivity contribution in [2.24, 2.45) is 0 Å². The van der Waals surface area contributed by atoms with Crippen molar-refractivity contribution >= 4 is 29.0 Å². The van der Waals surface area contributed by atoms with Gasteiger partial charge in [0.15, 0.2) is 0 Å². The predicted octanol–water partition coefficient (Wildman–Crippen LogP) is 3.12. The van der Waals surface area contributed by atoms with Gasteiger partial charge in [0.05, 0.1) is 5.02 Å². The maximum absolute atomic E-state index is 12.2. The van der Waals surface area contributed by atoms with Crippen LogP contribution in [0.15, 0.2) is 30.5 Å². The maximum atomic E-state index is 12.2. The Morgan fingerprint density at radius 3 is 2.85 bits per heavy atom. The van der Waals surface area contributed by atoms with Crippen LogP contribution in [0.25, 0.3) is 0 Å². The molecule has 0 bridgehead atoms.